The third kappa shape index (κ3) is 2.70. The van der Waals surface area contributed by atoms with Gasteiger partial charge in [0.1, 0.15) is 0 Å². The maximum Gasteiger partial charge on any atom is 0.255 e. The minimum Gasteiger partial charge on any atom is -0.398 e. The molecule has 136 valence electrons. The van der Waals surface area contributed by atoms with E-state index < -0.39 is 0 Å². The molecule has 3 aromatic carbocycles. The zero-order valence-corrected chi connectivity index (χ0v) is 14.9. The van der Waals surface area contributed by atoms with Gasteiger partial charge in [-0.2, -0.15) is 0 Å². The Balaban J connectivity index is 1.78. The van der Waals surface area contributed by atoms with Crippen molar-refractivity contribution in [3.63, 3.8) is 0 Å². The van der Waals surface area contributed by atoms with Crippen molar-refractivity contribution in [3.8, 4) is 0 Å². The van der Waals surface area contributed by atoms with Crippen LogP contribution in [0, 0.1) is 0 Å². The summed E-state index contributed by atoms with van der Waals surface area (Å²) in [6, 6.07) is 16.5. The lowest BCUT2D eigenvalue weighted by molar-refractivity contribution is 0.0979. The second-order valence-electron chi connectivity index (χ2n) is 6.44. The summed E-state index contributed by atoms with van der Waals surface area (Å²) in [5, 5.41) is 2.74. The van der Waals surface area contributed by atoms with Gasteiger partial charge in [-0.25, -0.2) is 0 Å². The summed E-state index contributed by atoms with van der Waals surface area (Å²) in [5.41, 5.74) is 8.64. The molecule has 3 N–H and O–H groups in total. The number of hydrogen-bond acceptors (Lipinski definition) is 4. The molecule has 0 fully saturated rings. The molecule has 0 aliphatic heterocycles. The van der Waals surface area contributed by atoms with E-state index in [1.165, 1.54) is 6.07 Å². The predicted octanol–water partition coefficient (Wildman–Crippen LogP) is 3.94. The molecule has 0 radical (unpaired) electrons. The van der Waals surface area contributed by atoms with Gasteiger partial charge in [0.15, 0.2) is 11.6 Å². The first kappa shape index (κ1) is 17.4. The lowest BCUT2D eigenvalue weighted by atomic mass is 9.82. The molecular formula is C23H16N2O3. The van der Waals surface area contributed by atoms with Gasteiger partial charge in [0.25, 0.3) is 5.91 Å². The van der Waals surface area contributed by atoms with Crippen LogP contribution in [-0.4, -0.2) is 17.5 Å². The smallest absolute Gasteiger partial charge is 0.255 e. The third-order valence-corrected chi connectivity index (χ3v) is 4.76. The van der Waals surface area contributed by atoms with Crippen molar-refractivity contribution >= 4 is 34.9 Å². The molecule has 4 rings (SSSR count). The van der Waals surface area contributed by atoms with Crippen molar-refractivity contribution in [1.29, 1.82) is 0 Å². The predicted molar refractivity (Wildman–Crippen MR) is 109 cm³/mol. The molecule has 1 aliphatic rings. The summed E-state index contributed by atoms with van der Waals surface area (Å²) in [5.74, 6) is -1.05. The number of fused-ring (bicyclic) bond motifs is 2. The summed E-state index contributed by atoms with van der Waals surface area (Å²) in [4.78, 5) is 38.6. The number of nitrogens with two attached hydrogens (primary N) is 1. The van der Waals surface area contributed by atoms with E-state index >= 15 is 0 Å². The Morgan fingerprint density at radius 1 is 0.857 bits per heavy atom. The van der Waals surface area contributed by atoms with Crippen molar-refractivity contribution < 1.29 is 14.4 Å². The number of amides is 1. The van der Waals surface area contributed by atoms with Crippen molar-refractivity contribution in [2.75, 3.05) is 11.1 Å². The number of nitrogen functional groups attached to an aromatic ring is 1. The van der Waals surface area contributed by atoms with E-state index in [9.17, 15) is 14.4 Å². The van der Waals surface area contributed by atoms with Gasteiger partial charge in [-0.05, 0) is 29.8 Å². The summed E-state index contributed by atoms with van der Waals surface area (Å²) in [7, 11) is 0. The van der Waals surface area contributed by atoms with E-state index in [0.717, 1.165) is 5.56 Å². The number of rotatable bonds is 3. The first-order valence-corrected chi connectivity index (χ1v) is 8.66. The fourth-order valence-electron chi connectivity index (χ4n) is 3.32. The molecule has 0 atom stereocenters. The van der Waals surface area contributed by atoms with Crippen molar-refractivity contribution in [3.05, 3.63) is 101 Å². The lowest BCUT2D eigenvalue weighted by Crippen LogP contribution is -2.25. The topological polar surface area (TPSA) is 89.3 Å². The second kappa shape index (κ2) is 6.63. The Labute approximate surface area is 161 Å². The molecule has 5 nitrogen and oxygen atoms in total. The van der Waals surface area contributed by atoms with Crippen molar-refractivity contribution in [2.24, 2.45) is 0 Å². The van der Waals surface area contributed by atoms with Crippen LogP contribution in [0.5, 0.6) is 0 Å². The van der Waals surface area contributed by atoms with Crippen LogP contribution in [-0.2, 0) is 0 Å². The zero-order valence-electron chi connectivity index (χ0n) is 14.9. The fourth-order valence-corrected chi connectivity index (χ4v) is 3.32. The van der Waals surface area contributed by atoms with Crippen LogP contribution in [0.1, 0.15) is 47.8 Å². The van der Waals surface area contributed by atoms with E-state index in [0.29, 0.717) is 16.7 Å². The number of ketones is 2. The maximum absolute atomic E-state index is 13.1. The van der Waals surface area contributed by atoms with Gasteiger partial charge in [-0.15, -0.1) is 0 Å². The Hall–Kier alpha value is -3.99. The number of carbonyl (C=O) groups excluding carboxylic acids is 3. The molecule has 0 spiro atoms. The van der Waals surface area contributed by atoms with Crippen LogP contribution in [0.4, 0.5) is 11.4 Å². The van der Waals surface area contributed by atoms with Gasteiger partial charge in [0.05, 0.1) is 16.8 Å². The van der Waals surface area contributed by atoms with Gasteiger partial charge in [0, 0.05) is 22.4 Å². The molecule has 3 aromatic rings. The largest absolute Gasteiger partial charge is 0.398 e. The number of hydrogen-bond donors (Lipinski definition) is 2. The molecule has 0 heterocycles. The molecule has 1 amide bonds. The molecule has 28 heavy (non-hydrogen) atoms. The summed E-state index contributed by atoms with van der Waals surface area (Å²) < 4.78 is 0. The van der Waals surface area contributed by atoms with Crippen molar-refractivity contribution in [1.82, 2.24) is 0 Å². The fraction of sp³-hybridized carbons (Fsp3) is 0. The summed E-state index contributed by atoms with van der Waals surface area (Å²) in [6.45, 7) is 3.68. The minimum atomic E-state index is -0.387. The van der Waals surface area contributed by atoms with E-state index in [4.69, 9.17) is 5.73 Å². The standard InChI is InChI=1S/C23H16N2O3/c1-2-13-7-9-14(10-8-13)23(28)25-18-12-11-17(24)19-20(18)22(27)16-6-4-3-5-15(16)21(19)26/h2-12H,1,24H2,(H,25,28). The molecule has 0 bridgehead atoms. The highest BCUT2D eigenvalue weighted by atomic mass is 16.2. The highest BCUT2D eigenvalue weighted by Gasteiger charge is 2.33. The van der Waals surface area contributed by atoms with E-state index in [-0.39, 0.29) is 40.0 Å². The quantitative estimate of drug-likeness (QED) is 0.536. The molecule has 0 saturated heterocycles. The normalized spacial score (nSPS) is 12.1. The first-order chi connectivity index (χ1) is 13.5. The Kier molecular flexibility index (Phi) is 4.12. The maximum atomic E-state index is 13.1. The van der Waals surface area contributed by atoms with Crippen LogP contribution < -0.4 is 11.1 Å². The van der Waals surface area contributed by atoms with Gasteiger partial charge in [-0.3, -0.25) is 14.4 Å². The van der Waals surface area contributed by atoms with E-state index in [2.05, 4.69) is 11.9 Å². The number of carbonyl (C=O) groups is 3. The summed E-state index contributed by atoms with van der Waals surface area (Å²) >= 11 is 0. The van der Waals surface area contributed by atoms with Crippen LogP contribution in [0.3, 0.4) is 0 Å². The highest BCUT2D eigenvalue weighted by molar-refractivity contribution is 6.32. The number of anilines is 2. The van der Waals surface area contributed by atoms with E-state index in [1.54, 1.807) is 60.7 Å². The molecule has 0 unspecified atom stereocenters. The second-order valence-corrected chi connectivity index (χ2v) is 6.44. The number of nitrogens with one attached hydrogen (secondary N) is 1. The summed E-state index contributed by atoms with van der Waals surface area (Å²) in [6.07, 6.45) is 1.68. The Bertz CT molecular complexity index is 1160. The van der Waals surface area contributed by atoms with Gasteiger partial charge in [-0.1, -0.05) is 49.1 Å². The molecule has 1 aliphatic carbocycles. The minimum absolute atomic E-state index is 0.125. The monoisotopic (exact) mass is 368 g/mol. The molecule has 0 aromatic heterocycles. The average molecular weight is 368 g/mol. The Morgan fingerprint density at radius 2 is 1.46 bits per heavy atom. The van der Waals surface area contributed by atoms with Gasteiger partial charge in [0.2, 0.25) is 0 Å². The average Bonchev–Trinajstić information content (AvgIpc) is 2.73. The molecule has 0 saturated carbocycles. The Morgan fingerprint density at radius 3 is 2.07 bits per heavy atom. The lowest BCUT2D eigenvalue weighted by Gasteiger charge is -2.21. The highest BCUT2D eigenvalue weighted by Crippen LogP contribution is 2.35. The number of benzene rings is 3. The van der Waals surface area contributed by atoms with Crippen molar-refractivity contribution in [2.45, 2.75) is 0 Å². The molecule has 5 heteroatoms. The SMILES string of the molecule is C=Cc1ccc(C(=O)Nc2ccc(N)c3c2C(=O)c2ccccc2C3=O)cc1. The van der Waals surface area contributed by atoms with Gasteiger partial charge >= 0.3 is 0 Å². The van der Waals surface area contributed by atoms with Crippen LogP contribution in [0.2, 0.25) is 0 Å². The van der Waals surface area contributed by atoms with Crippen LogP contribution in [0.25, 0.3) is 6.08 Å². The third-order valence-electron chi connectivity index (χ3n) is 4.76. The van der Waals surface area contributed by atoms with E-state index in [1.807, 2.05) is 0 Å². The van der Waals surface area contributed by atoms with Gasteiger partial charge < -0.3 is 11.1 Å². The zero-order chi connectivity index (χ0) is 19.8. The first-order valence-electron chi connectivity index (χ1n) is 8.66. The van der Waals surface area contributed by atoms with Crippen LogP contribution >= 0.6 is 0 Å². The van der Waals surface area contributed by atoms with Crippen LogP contribution in [0.15, 0.2) is 67.2 Å². The molecular weight excluding hydrogens is 352 g/mol.